The number of anilines is 1. The second kappa shape index (κ2) is 9.72. The molecule has 1 aromatic rings. The second-order valence-electron chi connectivity index (χ2n) is 6.06. The van der Waals surface area contributed by atoms with Gasteiger partial charge in [-0.3, -0.25) is 0 Å². The van der Waals surface area contributed by atoms with E-state index in [1.54, 1.807) is 11.8 Å². The lowest BCUT2D eigenvalue weighted by Gasteiger charge is -2.20. The number of aliphatic imine (C=N–C) groups is 1. The van der Waals surface area contributed by atoms with Crippen LogP contribution in [0.1, 0.15) is 19.8 Å². The average molecular weight is 479 g/mol. The molecule has 1 atom stereocenters. The van der Waals surface area contributed by atoms with Crippen LogP contribution in [0.25, 0.3) is 0 Å². The lowest BCUT2D eigenvalue weighted by molar-refractivity contribution is 0.0779. The summed E-state index contributed by atoms with van der Waals surface area (Å²) in [6, 6.07) is 5.78. The van der Waals surface area contributed by atoms with E-state index in [1.807, 2.05) is 25.1 Å². The van der Waals surface area contributed by atoms with E-state index < -0.39 is 5.60 Å². The Morgan fingerprint density at radius 1 is 1.32 bits per heavy atom. The van der Waals surface area contributed by atoms with Gasteiger partial charge in [0, 0.05) is 30.5 Å². The van der Waals surface area contributed by atoms with Gasteiger partial charge in [-0.15, -0.1) is 24.0 Å². The Morgan fingerprint density at radius 2 is 2.12 bits per heavy atom. The highest BCUT2D eigenvalue weighted by atomic mass is 127. The van der Waals surface area contributed by atoms with Crippen LogP contribution in [0.3, 0.4) is 0 Å². The molecule has 0 amide bonds. The Labute approximate surface area is 170 Å². The number of nitrogens with zero attached hydrogens (tertiary/aromatic N) is 1. The number of hydrogen-bond donors (Lipinski definition) is 3. The van der Waals surface area contributed by atoms with Gasteiger partial charge in [0.2, 0.25) is 0 Å². The summed E-state index contributed by atoms with van der Waals surface area (Å²) < 4.78 is 11.4. The van der Waals surface area contributed by atoms with E-state index >= 15 is 0 Å². The smallest absolute Gasteiger partial charge is 0.195 e. The van der Waals surface area contributed by atoms with E-state index in [0.29, 0.717) is 25.7 Å². The van der Waals surface area contributed by atoms with Crippen LogP contribution in [0.15, 0.2) is 23.2 Å². The first-order valence-electron chi connectivity index (χ1n) is 8.44. The molecule has 0 saturated carbocycles. The van der Waals surface area contributed by atoms with E-state index in [4.69, 9.17) is 9.47 Å². The number of rotatable bonds is 4. The maximum atomic E-state index is 10.4. The van der Waals surface area contributed by atoms with Crippen molar-refractivity contribution < 1.29 is 14.6 Å². The largest absolute Gasteiger partial charge is 0.490 e. The van der Waals surface area contributed by atoms with Crippen LogP contribution < -0.4 is 20.1 Å². The number of guanidine groups is 1. The number of halogens is 1. The highest BCUT2D eigenvalue weighted by molar-refractivity contribution is 14.0. The van der Waals surface area contributed by atoms with Crippen molar-refractivity contribution in [2.75, 3.05) is 43.1 Å². The van der Waals surface area contributed by atoms with Crippen molar-refractivity contribution in [3.8, 4) is 11.5 Å². The minimum absolute atomic E-state index is 0. The molecule has 0 aliphatic carbocycles. The van der Waals surface area contributed by atoms with Crippen molar-refractivity contribution >= 4 is 47.4 Å². The van der Waals surface area contributed by atoms with Crippen LogP contribution in [0.2, 0.25) is 0 Å². The number of hydrogen-bond acceptors (Lipinski definition) is 5. The zero-order chi connectivity index (χ0) is 16.8. The molecule has 140 valence electrons. The number of nitrogens with one attached hydrogen (secondary N) is 2. The standard InChI is InChI=1S/C17H25N3O3S.HI/c1-2-18-16(19-11-17(21)6-9-24-12-17)20-13-4-5-14-15(10-13)23-8-3-7-22-14;/h4-5,10,21H,2-3,6-9,11-12H2,1H3,(H2,18,19,20);1H. The van der Waals surface area contributed by atoms with Gasteiger partial charge in [0.05, 0.1) is 25.4 Å². The molecule has 2 aliphatic heterocycles. The topological polar surface area (TPSA) is 75.1 Å². The summed E-state index contributed by atoms with van der Waals surface area (Å²) in [5, 5.41) is 16.9. The molecule has 2 aliphatic rings. The van der Waals surface area contributed by atoms with Gasteiger partial charge in [0.15, 0.2) is 17.5 Å². The molecule has 6 nitrogen and oxygen atoms in total. The highest BCUT2D eigenvalue weighted by Gasteiger charge is 2.31. The predicted octanol–water partition coefficient (Wildman–Crippen LogP) is 2.71. The van der Waals surface area contributed by atoms with E-state index in [0.717, 1.165) is 48.1 Å². The summed E-state index contributed by atoms with van der Waals surface area (Å²) in [6.07, 6.45) is 1.68. The molecule has 0 radical (unpaired) electrons. The normalized spacial score (nSPS) is 22.7. The molecule has 1 fully saturated rings. The first kappa shape index (κ1) is 20.4. The summed E-state index contributed by atoms with van der Waals surface area (Å²) in [5.41, 5.74) is 0.198. The SMILES string of the molecule is CCNC(=NCC1(O)CCSC1)Nc1ccc2c(c1)OCCCO2.I. The van der Waals surface area contributed by atoms with Crippen LogP contribution in [-0.4, -0.2) is 54.5 Å². The lowest BCUT2D eigenvalue weighted by atomic mass is 10.1. The highest BCUT2D eigenvalue weighted by Crippen LogP contribution is 2.32. The van der Waals surface area contributed by atoms with Gasteiger partial charge < -0.3 is 25.2 Å². The fourth-order valence-electron chi connectivity index (χ4n) is 2.63. The second-order valence-corrected chi connectivity index (χ2v) is 7.16. The molecule has 25 heavy (non-hydrogen) atoms. The summed E-state index contributed by atoms with van der Waals surface area (Å²) in [6.45, 7) is 4.52. The van der Waals surface area contributed by atoms with Crippen molar-refractivity contribution in [2.24, 2.45) is 4.99 Å². The molecule has 1 aromatic carbocycles. The van der Waals surface area contributed by atoms with Crippen molar-refractivity contribution in [1.82, 2.24) is 5.32 Å². The molecule has 3 rings (SSSR count). The van der Waals surface area contributed by atoms with Crippen LogP contribution in [0, 0.1) is 0 Å². The molecule has 2 heterocycles. The Balaban J connectivity index is 0.00000225. The summed E-state index contributed by atoms with van der Waals surface area (Å²) in [7, 11) is 0. The van der Waals surface area contributed by atoms with Gasteiger partial charge in [0.25, 0.3) is 0 Å². The Hall–Kier alpha value is -0.870. The maximum absolute atomic E-state index is 10.4. The van der Waals surface area contributed by atoms with Crippen LogP contribution in [0.4, 0.5) is 5.69 Å². The number of ether oxygens (including phenoxy) is 2. The Kier molecular flexibility index (Phi) is 7.95. The van der Waals surface area contributed by atoms with Gasteiger partial charge in [-0.2, -0.15) is 11.8 Å². The van der Waals surface area contributed by atoms with Gasteiger partial charge in [-0.25, -0.2) is 4.99 Å². The van der Waals surface area contributed by atoms with Gasteiger partial charge in [-0.05, 0) is 31.2 Å². The van der Waals surface area contributed by atoms with Crippen LogP contribution in [-0.2, 0) is 0 Å². The van der Waals surface area contributed by atoms with Crippen LogP contribution >= 0.6 is 35.7 Å². The molecule has 1 unspecified atom stereocenters. The average Bonchev–Trinajstić information content (AvgIpc) is 2.88. The number of thioether (sulfide) groups is 1. The number of benzene rings is 1. The van der Waals surface area contributed by atoms with E-state index in [-0.39, 0.29) is 24.0 Å². The quantitative estimate of drug-likeness (QED) is 0.351. The molecular weight excluding hydrogens is 453 g/mol. The zero-order valence-corrected chi connectivity index (χ0v) is 17.6. The van der Waals surface area contributed by atoms with Crippen molar-refractivity contribution in [2.45, 2.75) is 25.4 Å². The first-order chi connectivity index (χ1) is 11.7. The van der Waals surface area contributed by atoms with E-state index in [9.17, 15) is 5.11 Å². The van der Waals surface area contributed by atoms with Crippen LogP contribution in [0.5, 0.6) is 11.5 Å². The van der Waals surface area contributed by atoms with Gasteiger partial charge in [0.1, 0.15) is 0 Å². The minimum Gasteiger partial charge on any atom is -0.490 e. The fourth-order valence-corrected chi connectivity index (χ4v) is 3.92. The van der Waals surface area contributed by atoms with Crippen molar-refractivity contribution in [3.05, 3.63) is 18.2 Å². The van der Waals surface area contributed by atoms with Crippen molar-refractivity contribution in [3.63, 3.8) is 0 Å². The molecular formula is C17H26IN3O3S. The fraction of sp³-hybridized carbons (Fsp3) is 0.588. The number of aliphatic hydroxyl groups is 1. The Morgan fingerprint density at radius 3 is 2.84 bits per heavy atom. The molecule has 0 spiro atoms. The van der Waals surface area contributed by atoms with E-state index in [2.05, 4.69) is 15.6 Å². The monoisotopic (exact) mass is 479 g/mol. The minimum atomic E-state index is -0.683. The molecule has 8 heteroatoms. The summed E-state index contributed by atoms with van der Waals surface area (Å²) in [4.78, 5) is 4.55. The lowest BCUT2D eigenvalue weighted by Crippen LogP contribution is -2.36. The maximum Gasteiger partial charge on any atom is 0.195 e. The van der Waals surface area contributed by atoms with Crippen molar-refractivity contribution in [1.29, 1.82) is 0 Å². The van der Waals surface area contributed by atoms with E-state index in [1.165, 1.54) is 0 Å². The molecule has 0 aromatic heterocycles. The number of fused-ring (bicyclic) bond motifs is 1. The molecule has 3 N–H and O–H groups in total. The first-order valence-corrected chi connectivity index (χ1v) is 9.59. The summed E-state index contributed by atoms with van der Waals surface area (Å²) in [5.74, 6) is 3.94. The third-order valence-corrected chi connectivity index (χ3v) is 5.20. The summed E-state index contributed by atoms with van der Waals surface area (Å²) >= 11 is 1.78. The molecule has 0 bridgehead atoms. The Bertz CT molecular complexity index is 595. The van der Waals surface area contributed by atoms with Gasteiger partial charge in [-0.1, -0.05) is 0 Å². The molecule has 1 saturated heterocycles. The third kappa shape index (κ3) is 5.82. The predicted molar refractivity (Wildman–Crippen MR) is 114 cm³/mol. The third-order valence-electron chi connectivity index (χ3n) is 3.97. The van der Waals surface area contributed by atoms with Gasteiger partial charge >= 0.3 is 0 Å². The zero-order valence-electron chi connectivity index (χ0n) is 14.4.